The molecule has 1 aliphatic rings. The lowest BCUT2D eigenvalue weighted by Crippen LogP contribution is -2.34. The van der Waals surface area contributed by atoms with E-state index >= 15 is 0 Å². The summed E-state index contributed by atoms with van der Waals surface area (Å²) in [4.78, 5) is 12.1. The van der Waals surface area contributed by atoms with Gasteiger partial charge in [-0.2, -0.15) is 11.8 Å². The number of hydrogen-bond acceptors (Lipinski definition) is 5. The van der Waals surface area contributed by atoms with Crippen LogP contribution >= 0.6 is 11.8 Å². The Labute approximate surface area is 110 Å². The third-order valence-corrected chi connectivity index (χ3v) is 3.42. The van der Waals surface area contributed by atoms with Gasteiger partial charge >= 0.3 is 0 Å². The van der Waals surface area contributed by atoms with Crippen molar-refractivity contribution in [2.75, 3.05) is 24.5 Å². The molecule has 0 radical (unpaired) electrons. The molecule has 2 rings (SSSR count). The molecule has 3 N–H and O–H groups in total. The summed E-state index contributed by atoms with van der Waals surface area (Å²) >= 11 is 1.68. The van der Waals surface area contributed by atoms with E-state index in [1.54, 1.807) is 23.9 Å². The van der Waals surface area contributed by atoms with Crippen molar-refractivity contribution in [2.45, 2.75) is 13.0 Å². The highest BCUT2D eigenvalue weighted by molar-refractivity contribution is 7.98. The van der Waals surface area contributed by atoms with E-state index in [0.29, 0.717) is 22.7 Å². The Morgan fingerprint density at radius 3 is 2.83 bits per heavy atom. The molecule has 1 atom stereocenters. The second kappa shape index (κ2) is 5.39. The highest BCUT2D eigenvalue weighted by Gasteiger charge is 2.20. The van der Waals surface area contributed by atoms with Crippen molar-refractivity contribution in [1.82, 2.24) is 5.32 Å². The van der Waals surface area contributed by atoms with Crippen molar-refractivity contribution in [1.29, 1.82) is 0 Å². The fourth-order valence-electron chi connectivity index (χ4n) is 1.75. The number of nitrogens with one attached hydrogen (secondary N) is 1. The highest BCUT2D eigenvalue weighted by Crippen LogP contribution is 2.35. The van der Waals surface area contributed by atoms with Gasteiger partial charge in [0.2, 0.25) is 6.79 Å². The van der Waals surface area contributed by atoms with E-state index in [0.717, 1.165) is 5.75 Å². The Hall–Kier alpha value is -1.56. The number of nitrogen functional groups attached to an aromatic ring is 1. The van der Waals surface area contributed by atoms with Gasteiger partial charge in [-0.25, -0.2) is 0 Å². The second-order valence-electron chi connectivity index (χ2n) is 4.12. The Morgan fingerprint density at radius 2 is 2.17 bits per heavy atom. The number of anilines is 1. The summed E-state index contributed by atoms with van der Waals surface area (Å²) in [6, 6.07) is 3.34. The standard InChI is InChI=1S/C12H16N2O3S/c1-7(5-18-2)14-12(15)8-3-10-11(4-9(8)13)17-6-16-10/h3-4,7H,5-6,13H2,1-2H3,(H,14,15). The van der Waals surface area contributed by atoms with Gasteiger partial charge in [-0.05, 0) is 19.2 Å². The molecule has 1 aliphatic heterocycles. The SMILES string of the molecule is CSCC(C)NC(=O)c1cc2c(cc1N)OCO2. The highest BCUT2D eigenvalue weighted by atomic mass is 32.2. The zero-order chi connectivity index (χ0) is 13.1. The lowest BCUT2D eigenvalue weighted by Gasteiger charge is -2.13. The van der Waals surface area contributed by atoms with Gasteiger partial charge in [0, 0.05) is 23.5 Å². The lowest BCUT2D eigenvalue weighted by atomic mass is 10.1. The third kappa shape index (κ3) is 2.64. The quantitative estimate of drug-likeness (QED) is 0.809. The van der Waals surface area contributed by atoms with Gasteiger partial charge in [-0.15, -0.1) is 0 Å². The average Bonchev–Trinajstić information content (AvgIpc) is 2.74. The molecule has 0 aromatic heterocycles. The summed E-state index contributed by atoms with van der Waals surface area (Å²) in [7, 11) is 0. The van der Waals surface area contributed by atoms with Crippen LogP contribution in [-0.4, -0.2) is 30.8 Å². The number of nitrogens with two attached hydrogens (primary N) is 1. The van der Waals surface area contributed by atoms with E-state index in [2.05, 4.69) is 5.32 Å². The zero-order valence-electron chi connectivity index (χ0n) is 10.4. The van der Waals surface area contributed by atoms with Crippen LogP contribution in [-0.2, 0) is 0 Å². The number of carbonyl (C=O) groups excluding carboxylic acids is 1. The molecule has 0 bridgehead atoms. The van der Waals surface area contributed by atoms with Gasteiger partial charge < -0.3 is 20.5 Å². The molecule has 0 saturated carbocycles. The zero-order valence-corrected chi connectivity index (χ0v) is 11.2. The molecule has 1 unspecified atom stereocenters. The van der Waals surface area contributed by atoms with E-state index in [4.69, 9.17) is 15.2 Å². The molecule has 0 spiro atoms. The minimum atomic E-state index is -0.188. The first-order valence-electron chi connectivity index (χ1n) is 5.60. The number of hydrogen-bond donors (Lipinski definition) is 2. The number of fused-ring (bicyclic) bond motifs is 1. The number of rotatable bonds is 4. The summed E-state index contributed by atoms with van der Waals surface area (Å²) in [6.07, 6.45) is 2.00. The number of thioether (sulfide) groups is 1. The smallest absolute Gasteiger partial charge is 0.253 e. The molecule has 6 heteroatoms. The molecular formula is C12H16N2O3S. The van der Waals surface area contributed by atoms with Crippen LogP contribution in [0, 0.1) is 0 Å². The van der Waals surface area contributed by atoms with Crippen molar-refractivity contribution in [3.8, 4) is 11.5 Å². The summed E-state index contributed by atoms with van der Waals surface area (Å²) in [5.41, 5.74) is 6.66. The number of ether oxygens (including phenoxy) is 2. The lowest BCUT2D eigenvalue weighted by molar-refractivity contribution is 0.0944. The van der Waals surface area contributed by atoms with Crippen LogP contribution in [0.3, 0.4) is 0 Å². The molecule has 1 aromatic rings. The van der Waals surface area contributed by atoms with Crippen LogP contribution in [0.25, 0.3) is 0 Å². The Bertz CT molecular complexity index is 465. The van der Waals surface area contributed by atoms with E-state index in [1.165, 1.54) is 0 Å². The summed E-state index contributed by atoms with van der Waals surface area (Å²) in [5, 5.41) is 2.89. The maximum absolute atomic E-state index is 12.1. The summed E-state index contributed by atoms with van der Waals surface area (Å²) in [6.45, 7) is 2.13. The fraction of sp³-hybridized carbons (Fsp3) is 0.417. The minimum Gasteiger partial charge on any atom is -0.454 e. The normalized spacial score (nSPS) is 14.3. The Kier molecular flexibility index (Phi) is 3.86. The molecule has 0 fully saturated rings. The topological polar surface area (TPSA) is 73.6 Å². The molecule has 1 heterocycles. The summed E-state index contributed by atoms with van der Waals surface area (Å²) < 4.78 is 10.4. The van der Waals surface area contributed by atoms with Crippen molar-refractivity contribution in [3.63, 3.8) is 0 Å². The van der Waals surface area contributed by atoms with Crippen LogP contribution in [0.15, 0.2) is 12.1 Å². The largest absolute Gasteiger partial charge is 0.454 e. The predicted molar refractivity (Wildman–Crippen MR) is 72.3 cm³/mol. The molecule has 98 valence electrons. The van der Waals surface area contributed by atoms with Crippen molar-refractivity contribution in [2.24, 2.45) is 0 Å². The molecule has 0 aliphatic carbocycles. The Morgan fingerprint density at radius 1 is 1.50 bits per heavy atom. The van der Waals surface area contributed by atoms with Gasteiger partial charge in [0.15, 0.2) is 11.5 Å². The molecule has 1 amide bonds. The second-order valence-corrected chi connectivity index (χ2v) is 5.03. The van der Waals surface area contributed by atoms with E-state index in [9.17, 15) is 4.79 Å². The predicted octanol–water partition coefficient (Wildman–Crippen LogP) is 1.48. The fourth-order valence-corrected chi connectivity index (χ4v) is 2.33. The maximum atomic E-state index is 12.1. The van der Waals surface area contributed by atoms with Gasteiger partial charge in [0.25, 0.3) is 5.91 Å². The first-order chi connectivity index (χ1) is 8.61. The van der Waals surface area contributed by atoms with E-state index < -0.39 is 0 Å². The number of benzene rings is 1. The summed E-state index contributed by atoms with van der Waals surface area (Å²) in [5.74, 6) is 1.82. The van der Waals surface area contributed by atoms with Crippen LogP contribution in [0.1, 0.15) is 17.3 Å². The first kappa shape index (κ1) is 12.9. The Balaban J connectivity index is 2.15. The van der Waals surface area contributed by atoms with Crippen molar-refractivity contribution < 1.29 is 14.3 Å². The van der Waals surface area contributed by atoms with Gasteiger partial charge in [-0.3, -0.25) is 4.79 Å². The van der Waals surface area contributed by atoms with Gasteiger partial charge in [-0.1, -0.05) is 0 Å². The van der Waals surface area contributed by atoms with Gasteiger partial charge in [0.1, 0.15) is 0 Å². The molecular weight excluding hydrogens is 252 g/mol. The molecule has 5 nitrogen and oxygen atoms in total. The van der Waals surface area contributed by atoms with E-state index in [-0.39, 0.29) is 18.7 Å². The van der Waals surface area contributed by atoms with Gasteiger partial charge in [0.05, 0.1) is 5.56 Å². The molecule has 18 heavy (non-hydrogen) atoms. The van der Waals surface area contributed by atoms with Crippen molar-refractivity contribution in [3.05, 3.63) is 17.7 Å². The number of amides is 1. The minimum absolute atomic E-state index is 0.0947. The third-order valence-electron chi connectivity index (χ3n) is 2.58. The average molecular weight is 268 g/mol. The van der Waals surface area contributed by atoms with Crippen molar-refractivity contribution >= 4 is 23.4 Å². The van der Waals surface area contributed by atoms with Crippen LogP contribution in [0.2, 0.25) is 0 Å². The first-order valence-corrected chi connectivity index (χ1v) is 7.00. The van der Waals surface area contributed by atoms with Crippen LogP contribution in [0.5, 0.6) is 11.5 Å². The maximum Gasteiger partial charge on any atom is 0.253 e. The van der Waals surface area contributed by atoms with Crippen LogP contribution < -0.4 is 20.5 Å². The molecule has 1 aromatic carbocycles. The van der Waals surface area contributed by atoms with Crippen LogP contribution in [0.4, 0.5) is 5.69 Å². The molecule has 0 saturated heterocycles. The van der Waals surface area contributed by atoms with E-state index in [1.807, 2.05) is 13.2 Å². The number of carbonyl (C=O) groups is 1. The monoisotopic (exact) mass is 268 g/mol.